The molecule has 0 bridgehead atoms. The quantitative estimate of drug-likeness (QED) is 0.735. The molecule has 0 saturated heterocycles. The van der Waals surface area contributed by atoms with Crippen molar-refractivity contribution in [3.63, 3.8) is 0 Å². The Morgan fingerprint density at radius 3 is 2.41 bits per heavy atom. The van der Waals surface area contributed by atoms with Crippen LogP contribution >= 0.6 is 15.9 Å². The second kappa shape index (κ2) is 7.96. The van der Waals surface area contributed by atoms with Crippen molar-refractivity contribution in [2.24, 2.45) is 7.05 Å². The number of alkyl halides is 3. The van der Waals surface area contributed by atoms with Crippen LogP contribution in [0.15, 0.2) is 4.47 Å². The molecule has 0 aliphatic carbocycles. The van der Waals surface area contributed by atoms with E-state index in [0.29, 0.717) is 6.54 Å². The van der Waals surface area contributed by atoms with Crippen LogP contribution < -0.4 is 5.32 Å². The molecule has 1 rings (SSSR count). The zero-order valence-corrected chi connectivity index (χ0v) is 14.4. The van der Waals surface area contributed by atoms with E-state index in [1.807, 2.05) is 13.8 Å². The molecule has 126 valence electrons. The largest absolute Gasteiger partial charge is 0.436 e. The predicted octanol–water partition coefficient (Wildman–Crippen LogP) is 2.66. The molecule has 0 spiro atoms. The highest BCUT2D eigenvalue weighted by atomic mass is 79.9. The normalized spacial score (nSPS) is 12.0. The monoisotopic (exact) mass is 384 g/mol. The zero-order valence-electron chi connectivity index (χ0n) is 12.8. The summed E-state index contributed by atoms with van der Waals surface area (Å²) in [4.78, 5) is 14.2. The summed E-state index contributed by atoms with van der Waals surface area (Å²) in [5.41, 5.74) is -1.22. The lowest BCUT2D eigenvalue weighted by molar-refractivity contribution is -0.142. The van der Waals surface area contributed by atoms with Crippen molar-refractivity contribution < 1.29 is 18.0 Å². The van der Waals surface area contributed by atoms with Crippen molar-refractivity contribution >= 4 is 21.8 Å². The van der Waals surface area contributed by atoms with Gasteiger partial charge in [-0.1, -0.05) is 13.8 Å². The molecular formula is C13H20BrF3N4O. The van der Waals surface area contributed by atoms with Crippen LogP contribution in [-0.2, 0) is 13.2 Å². The molecule has 0 saturated carbocycles. The minimum atomic E-state index is -4.60. The van der Waals surface area contributed by atoms with E-state index < -0.39 is 17.8 Å². The van der Waals surface area contributed by atoms with Crippen molar-refractivity contribution in [2.75, 3.05) is 26.2 Å². The number of carbonyl (C=O) groups excluding carboxylic acids is 1. The van der Waals surface area contributed by atoms with Gasteiger partial charge in [0.05, 0.1) is 4.47 Å². The van der Waals surface area contributed by atoms with Gasteiger partial charge in [-0.05, 0) is 42.0 Å². The first-order chi connectivity index (χ1) is 10.2. The summed E-state index contributed by atoms with van der Waals surface area (Å²) in [5, 5.41) is 5.99. The van der Waals surface area contributed by atoms with Gasteiger partial charge in [0.15, 0.2) is 5.69 Å². The highest BCUT2D eigenvalue weighted by molar-refractivity contribution is 9.10. The van der Waals surface area contributed by atoms with Crippen molar-refractivity contribution in [2.45, 2.75) is 26.4 Å². The molecule has 22 heavy (non-hydrogen) atoms. The summed E-state index contributed by atoms with van der Waals surface area (Å²) in [6, 6.07) is 0. The van der Waals surface area contributed by atoms with Gasteiger partial charge in [-0.15, -0.1) is 0 Å². The lowest BCUT2D eigenvalue weighted by Gasteiger charge is -2.17. The molecule has 1 heterocycles. The van der Waals surface area contributed by atoms with Gasteiger partial charge in [0, 0.05) is 13.6 Å². The van der Waals surface area contributed by atoms with Crippen molar-refractivity contribution in [1.82, 2.24) is 20.0 Å². The third-order valence-corrected chi connectivity index (χ3v) is 4.06. The van der Waals surface area contributed by atoms with Gasteiger partial charge in [-0.3, -0.25) is 9.48 Å². The molecule has 0 fully saturated rings. The van der Waals surface area contributed by atoms with Crippen molar-refractivity contribution in [1.29, 1.82) is 0 Å². The summed E-state index contributed by atoms with van der Waals surface area (Å²) < 4.78 is 38.8. The Kier molecular flexibility index (Phi) is 6.86. The fourth-order valence-electron chi connectivity index (χ4n) is 2.05. The number of hydrogen-bond donors (Lipinski definition) is 1. The van der Waals surface area contributed by atoms with Crippen LogP contribution in [0, 0.1) is 0 Å². The van der Waals surface area contributed by atoms with Crippen LogP contribution in [0.1, 0.15) is 36.5 Å². The Labute approximate surface area is 136 Å². The van der Waals surface area contributed by atoms with Crippen molar-refractivity contribution in [3.8, 4) is 0 Å². The third-order valence-electron chi connectivity index (χ3n) is 3.30. The van der Waals surface area contributed by atoms with Crippen LogP contribution in [0.5, 0.6) is 0 Å². The molecule has 5 nitrogen and oxygen atoms in total. The predicted molar refractivity (Wildman–Crippen MR) is 80.6 cm³/mol. The number of hydrogen-bond acceptors (Lipinski definition) is 3. The Hall–Kier alpha value is -1.09. The van der Waals surface area contributed by atoms with Gasteiger partial charge in [0.2, 0.25) is 0 Å². The summed E-state index contributed by atoms with van der Waals surface area (Å²) in [6.07, 6.45) is -3.87. The van der Waals surface area contributed by atoms with Gasteiger partial charge in [0.25, 0.3) is 5.91 Å². The summed E-state index contributed by atoms with van der Waals surface area (Å²) in [5.74, 6) is -0.572. The van der Waals surface area contributed by atoms with Gasteiger partial charge in [-0.2, -0.15) is 18.3 Å². The maximum absolute atomic E-state index is 12.7. The van der Waals surface area contributed by atoms with Crippen molar-refractivity contribution in [3.05, 3.63) is 15.9 Å². The minimum Gasteiger partial charge on any atom is -0.351 e. The number of rotatable bonds is 7. The summed E-state index contributed by atoms with van der Waals surface area (Å²) >= 11 is 2.82. The zero-order chi connectivity index (χ0) is 16.9. The van der Waals surface area contributed by atoms with Crippen LogP contribution in [-0.4, -0.2) is 46.8 Å². The fourth-order valence-corrected chi connectivity index (χ4v) is 2.79. The lowest BCUT2D eigenvalue weighted by Crippen LogP contribution is -2.31. The number of aryl methyl sites for hydroxylation is 1. The molecular weight excluding hydrogens is 365 g/mol. The SMILES string of the molecule is CCN(CC)CCCNC(=O)c1c(Br)c(C(F)(F)F)nn1C. The van der Waals surface area contributed by atoms with E-state index in [-0.39, 0.29) is 10.2 Å². The molecule has 0 aromatic carbocycles. The van der Waals surface area contributed by atoms with Crippen LogP contribution in [0.3, 0.4) is 0 Å². The van der Waals surface area contributed by atoms with Crippen LogP contribution in [0.25, 0.3) is 0 Å². The summed E-state index contributed by atoms with van der Waals surface area (Å²) in [6.45, 7) is 7.17. The number of nitrogens with one attached hydrogen (secondary N) is 1. The van der Waals surface area contributed by atoms with E-state index in [1.54, 1.807) is 0 Å². The summed E-state index contributed by atoms with van der Waals surface area (Å²) in [7, 11) is 1.31. The number of amides is 1. The Balaban J connectivity index is 2.65. The number of aromatic nitrogens is 2. The van der Waals surface area contributed by atoms with E-state index in [2.05, 4.69) is 31.2 Å². The van der Waals surface area contributed by atoms with E-state index in [4.69, 9.17) is 0 Å². The molecule has 9 heteroatoms. The molecule has 0 atom stereocenters. The van der Waals surface area contributed by atoms with E-state index in [1.165, 1.54) is 7.05 Å². The number of nitrogens with zero attached hydrogens (tertiary/aromatic N) is 3. The number of halogens is 4. The smallest absolute Gasteiger partial charge is 0.351 e. The highest BCUT2D eigenvalue weighted by Crippen LogP contribution is 2.35. The molecule has 1 amide bonds. The Morgan fingerprint density at radius 1 is 1.36 bits per heavy atom. The first kappa shape index (κ1) is 19.0. The van der Waals surface area contributed by atoms with Gasteiger partial charge >= 0.3 is 6.18 Å². The first-order valence-corrected chi connectivity index (χ1v) is 7.81. The second-order valence-electron chi connectivity index (χ2n) is 4.77. The molecule has 0 aliphatic heterocycles. The highest BCUT2D eigenvalue weighted by Gasteiger charge is 2.39. The van der Waals surface area contributed by atoms with E-state index in [0.717, 1.165) is 30.7 Å². The van der Waals surface area contributed by atoms with E-state index >= 15 is 0 Å². The Bertz CT molecular complexity index is 512. The van der Waals surface area contributed by atoms with Crippen LogP contribution in [0.4, 0.5) is 13.2 Å². The van der Waals surface area contributed by atoms with Gasteiger partial charge in [0.1, 0.15) is 5.69 Å². The van der Waals surface area contributed by atoms with Crippen LogP contribution in [0.2, 0.25) is 0 Å². The molecule has 0 unspecified atom stereocenters. The standard InChI is InChI=1S/C13H20BrF3N4O/c1-4-21(5-2)8-6-7-18-12(22)10-9(14)11(13(15,16)17)19-20(10)3/h4-8H2,1-3H3,(H,18,22). The molecule has 1 N–H and O–H groups in total. The average Bonchev–Trinajstić information content (AvgIpc) is 2.74. The second-order valence-corrected chi connectivity index (χ2v) is 5.56. The van der Waals surface area contributed by atoms with Gasteiger partial charge in [-0.25, -0.2) is 0 Å². The van der Waals surface area contributed by atoms with E-state index in [9.17, 15) is 18.0 Å². The molecule has 1 aromatic heterocycles. The molecule has 1 aromatic rings. The fraction of sp³-hybridized carbons (Fsp3) is 0.692. The maximum atomic E-state index is 12.7. The average molecular weight is 385 g/mol. The Morgan fingerprint density at radius 2 is 1.95 bits per heavy atom. The third kappa shape index (κ3) is 4.70. The molecule has 0 aliphatic rings. The topological polar surface area (TPSA) is 50.2 Å². The maximum Gasteiger partial charge on any atom is 0.436 e. The van der Waals surface area contributed by atoms with Gasteiger partial charge < -0.3 is 10.2 Å². The first-order valence-electron chi connectivity index (χ1n) is 7.02. The lowest BCUT2D eigenvalue weighted by atomic mass is 10.3. The molecule has 0 radical (unpaired) electrons. The minimum absolute atomic E-state index is 0.129. The number of carbonyl (C=O) groups is 1.